The van der Waals surface area contributed by atoms with Crippen molar-refractivity contribution in [2.75, 3.05) is 0 Å². The van der Waals surface area contributed by atoms with Crippen molar-refractivity contribution in [2.45, 2.75) is 0 Å². The number of hydrogen-bond acceptors (Lipinski definition) is 7. The second-order valence-corrected chi connectivity index (χ2v) is 11.2. The van der Waals surface area contributed by atoms with Gasteiger partial charge in [-0.1, -0.05) is 0 Å². The summed E-state index contributed by atoms with van der Waals surface area (Å²) in [5, 5.41) is 0. The van der Waals surface area contributed by atoms with Crippen molar-refractivity contribution in [1.29, 1.82) is 0 Å². The summed E-state index contributed by atoms with van der Waals surface area (Å²) in [7, 11) is 0. The molecule has 3 rings (SSSR count). The molecule has 64 valence electrons. The molecule has 3 saturated heterocycles. The van der Waals surface area contributed by atoms with Gasteiger partial charge >= 0.3 is 70.5 Å². The van der Waals surface area contributed by atoms with Crippen molar-refractivity contribution >= 4 is 0 Å². The Hall–Kier alpha value is 0.953. The van der Waals surface area contributed by atoms with E-state index >= 15 is 0 Å². The first-order chi connectivity index (χ1) is 4.83. The Balaban J connectivity index is 2.40. The average Bonchev–Trinajstić information content (AvgIpc) is 1.48. The quantitative estimate of drug-likeness (QED) is 0.590. The van der Waals surface area contributed by atoms with E-state index in [0.29, 0.717) is 0 Å². The number of fused-ring (bicyclic) bond motifs is 2. The molecule has 0 radical (unpaired) electrons. The predicted octanol–water partition coefficient (Wildman–Crippen LogP) is -1.19. The summed E-state index contributed by atoms with van der Waals surface area (Å²) in [5.41, 5.74) is 0. The van der Waals surface area contributed by atoms with Crippen LogP contribution < -0.4 is 0 Å². The van der Waals surface area contributed by atoms with Gasteiger partial charge in [-0.2, -0.15) is 0 Å². The molecular formula is HO8V3. The fourth-order valence-corrected chi connectivity index (χ4v) is 13.8. The molecule has 0 aromatic carbocycles. The van der Waals surface area contributed by atoms with E-state index in [1.165, 1.54) is 0 Å². The standard InChI is InChI=1S/H2O.7O.3V/h1H2;;;;;;;;;;/q;;;;;;;;;;+1/p-1. The van der Waals surface area contributed by atoms with Crippen LogP contribution in [0.4, 0.5) is 0 Å². The van der Waals surface area contributed by atoms with E-state index in [1.54, 1.807) is 0 Å². The number of rotatable bonds is 0. The SMILES string of the molecule is [O]=[V]1([OH])[O][V]2(=[O])[O][V](=[O])([O]1)[O]2. The van der Waals surface area contributed by atoms with Gasteiger partial charge < -0.3 is 0 Å². The molecule has 0 atom stereocenters. The molecule has 1 N–H and O–H groups in total. The minimum atomic E-state index is -5.05. The topological polar surface area (TPSA) is 108 Å². The van der Waals surface area contributed by atoms with Crippen LogP contribution in [0.3, 0.4) is 0 Å². The predicted molar refractivity (Wildman–Crippen MR) is 8.62 cm³/mol. The fourth-order valence-electron chi connectivity index (χ4n) is 0.578. The fraction of sp³-hybridized carbons (Fsp3) is 0. The van der Waals surface area contributed by atoms with Crippen LogP contribution in [-0.4, -0.2) is 4.03 Å². The summed E-state index contributed by atoms with van der Waals surface area (Å²) in [6, 6.07) is 0. The average molecular weight is 282 g/mol. The van der Waals surface area contributed by atoms with Crippen molar-refractivity contribution in [3.8, 4) is 0 Å². The first-order valence-corrected chi connectivity index (χ1v) is 9.11. The maximum atomic E-state index is 10.8. The van der Waals surface area contributed by atoms with Crippen LogP contribution in [-0.2, 0) is 66.4 Å². The van der Waals surface area contributed by atoms with Crippen molar-refractivity contribution in [3.05, 3.63) is 0 Å². The Labute approximate surface area is 70.2 Å². The zero-order chi connectivity index (χ0) is 8.33. The van der Waals surface area contributed by atoms with Crippen LogP contribution >= 0.6 is 0 Å². The van der Waals surface area contributed by atoms with E-state index in [0.717, 1.165) is 0 Å². The van der Waals surface area contributed by atoms with Gasteiger partial charge in [0.1, 0.15) is 0 Å². The van der Waals surface area contributed by atoms with Crippen LogP contribution in [0.5, 0.6) is 0 Å². The summed E-state index contributed by atoms with van der Waals surface area (Å²) in [6.07, 6.45) is 0. The second-order valence-electron chi connectivity index (χ2n) is 1.69. The van der Waals surface area contributed by atoms with Gasteiger partial charge in [0.05, 0.1) is 0 Å². The normalized spacial score (nSPS) is 61.9. The monoisotopic (exact) mass is 282 g/mol. The van der Waals surface area contributed by atoms with Crippen LogP contribution in [0.15, 0.2) is 0 Å². The van der Waals surface area contributed by atoms with Crippen molar-refractivity contribution in [2.24, 2.45) is 0 Å². The van der Waals surface area contributed by atoms with Crippen molar-refractivity contribution < 1.29 is 70.5 Å². The van der Waals surface area contributed by atoms with Crippen LogP contribution in [0, 0.1) is 0 Å². The summed E-state index contributed by atoms with van der Waals surface area (Å²) >= 11 is -14.2. The van der Waals surface area contributed by atoms with E-state index in [4.69, 9.17) is 4.03 Å². The van der Waals surface area contributed by atoms with Crippen molar-refractivity contribution in [3.63, 3.8) is 0 Å². The van der Waals surface area contributed by atoms with Gasteiger partial charge in [-0.15, -0.1) is 0 Å². The molecule has 2 bridgehead atoms. The van der Waals surface area contributed by atoms with Gasteiger partial charge in [0.2, 0.25) is 0 Å². The van der Waals surface area contributed by atoms with E-state index in [1.807, 2.05) is 0 Å². The third kappa shape index (κ3) is 1.41. The molecule has 0 unspecified atom stereocenters. The van der Waals surface area contributed by atoms with Gasteiger partial charge in [-0.05, 0) is 0 Å². The molecule has 3 fully saturated rings. The molecule has 0 spiro atoms. The summed E-state index contributed by atoms with van der Waals surface area (Å²) in [5.74, 6) is 0. The third-order valence-corrected chi connectivity index (χ3v) is 13.7. The number of hydrogen-bond donors (Lipinski definition) is 1. The minimum absolute atomic E-state index is 3.96. The second kappa shape index (κ2) is 2.06. The molecular weight excluding hydrogens is 281 g/mol. The Morgan fingerprint density at radius 1 is 0.818 bits per heavy atom. The third-order valence-electron chi connectivity index (χ3n) is 0.806. The van der Waals surface area contributed by atoms with E-state index in [9.17, 15) is 11.0 Å². The Morgan fingerprint density at radius 2 is 1.18 bits per heavy atom. The first kappa shape index (κ1) is 8.55. The van der Waals surface area contributed by atoms with Crippen LogP contribution in [0.2, 0.25) is 0 Å². The molecule has 3 aliphatic heterocycles. The van der Waals surface area contributed by atoms with E-state index < -0.39 is 45.1 Å². The van der Waals surface area contributed by atoms with Gasteiger partial charge in [0.15, 0.2) is 0 Å². The molecule has 0 aromatic heterocycles. The van der Waals surface area contributed by atoms with Gasteiger partial charge in [0, 0.05) is 0 Å². The van der Waals surface area contributed by atoms with Gasteiger partial charge in [0.25, 0.3) is 0 Å². The van der Waals surface area contributed by atoms with Crippen LogP contribution in [0.1, 0.15) is 0 Å². The first-order valence-electron chi connectivity index (χ1n) is 2.21. The maximum absolute atomic E-state index is 10.8. The Morgan fingerprint density at radius 3 is 1.45 bits per heavy atom. The Kier molecular flexibility index (Phi) is 1.60. The Bertz CT molecular complexity index is 284. The molecule has 8 nitrogen and oxygen atoms in total. The van der Waals surface area contributed by atoms with E-state index in [2.05, 4.69) is 10.3 Å². The van der Waals surface area contributed by atoms with Gasteiger partial charge in [-0.3, -0.25) is 0 Å². The molecule has 3 aliphatic rings. The molecule has 3 heterocycles. The summed E-state index contributed by atoms with van der Waals surface area (Å²) < 4.78 is 56.9. The zero-order valence-electron chi connectivity index (χ0n) is 4.65. The zero-order valence-corrected chi connectivity index (χ0v) is 8.84. The molecule has 0 aliphatic carbocycles. The molecule has 11 heavy (non-hydrogen) atoms. The molecule has 11 heteroatoms. The molecule has 0 saturated carbocycles. The molecule has 0 aromatic rings. The van der Waals surface area contributed by atoms with Crippen molar-refractivity contribution in [1.82, 2.24) is 0 Å². The molecule has 0 amide bonds. The summed E-state index contributed by atoms with van der Waals surface area (Å²) in [6.45, 7) is 0. The summed E-state index contributed by atoms with van der Waals surface area (Å²) in [4.78, 5) is 0. The van der Waals surface area contributed by atoms with E-state index in [-0.39, 0.29) is 0 Å². The van der Waals surface area contributed by atoms with Crippen LogP contribution in [0.25, 0.3) is 0 Å². The van der Waals surface area contributed by atoms with Gasteiger partial charge in [-0.25, -0.2) is 0 Å².